The molecule has 0 aliphatic rings. The molecule has 1 heterocycles. The highest BCUT2D eigenvalue weighted by Crippen LogP contribution is 2.33. The van der Waals surface area contributed by atoms with E-state index in [9.17, 15) is 27.2 Å². The molecule has 3 rings (SSSR count). The lowest BCUT2D eigenvalue weighted by atomic mass is 10.1. The molecule has 0 spiro atoms. The van der Waals surface area contributed by atoms with E-state index < -0.39 is 29.1 Å². The summed E-state index contributed by atoms with van der Waals surface area (Å²) in [5, 5.41) is 9.09. The maximum absolute atomic E-state index is 14.3. The van der Waals surface area contributed by atoms with Crippen molar-refractivity contribution >= 4 is 23.1 Å². The first-order valence-electron chi connectivity index (χ1n) is 9.88. The summed E-state index contributed by atoms with van der Waals surface area (Å²) >= 11 is 1.18. The minimum atomic E-state index is -4.41. The van der Waals surface area contributed by atoms with Crippen LogP contribution < -0.4 is 4.74 Å². The second-order valence-corrected chi connectivity index (χ2v) is 8.93. The molecule has 174 valence electrons. The second kappa shape index (κ2) is 9.35. The summed E-state index contributed by atoms with van der Waals surface area (Å²) in [6.07, 6.45) is -4.05. The van der Waals surface area contributed by atoms with E-state index in [1.54, 1.807) is 18.2 Å². The van der Waals surface area contributed by atoms with Gasteiger partial charge in [-0.2, -0.15) is 13.2 Å². The van der Waals surface area contributed by atoms with Crippen LogP contribution in [0, 0.1) is 5.82 Å². The van der Waals surface area contributed by atoms with Gasteiger partial charge in [-0.05, 0) is 67.8 Å². The number of hydrogen-bond acceptors (Lipinski definition) is 4. The van der Waals surface area contributed by atoms with E-state index in [1.807, 2.05) is 0 Å². The van der Waals surface area contributed by atoms with E-state index in [0.717, 1.165) is 12.1 Å². The van der Waals surface area contributed by atoms with Crippen LogP contribution in [0.1, 0.15) is 41.1 Å². The molecule has 1 N–H and O–H groups in total. The molecule has 0 aliphatic carbocycles. The molecule has 0 bridgehead atoms. The summed E-state index contributed by atoms with van der Waals surface area (Å²) in [6, 6.07) is 12.1. The molecular formula is C24H20F4O4S. The van der Waals surface area contributed by atoms with Gasteiger partial charge in [-0.1, -0.05) is 18.2 Å². The number of rotatable bonds is 8. The maximum atomic E-state index is 14.3. The van der Waals surface area contributed by atoms with Gasteiger partial charge in [0.2, 0.25) is 0 Å². The molecule has 0 unspecified atom stereocenters. The molecule has 0 amide bonds. The van der Waals surface area contributed by atoms with Gasteiger partial charge in [-0.3, -0.25) is 4.79 Å². The summed E-state index contributed by atoms with van der Waals surface area (Å²) in [5.74, 6) is -2.33. The van der Waals surface area contributed by atoms with Crippen LogP contribution in [0.25, 0.3) is 10.4 Å². The average molecular weight is 480 g/mol. The quantitative estimate of drug-likeness (QED) is 0.290. The number of Topliss-reactive ketones (excluding diaryl/α,β-unsaturated/α-hetero) is 1. The van der Waals surface area contributed by atoms with Crippen LogP contribution in [-0.4, -0.2) is 22.5 Å². The standard InChI is InChI=1S/C24H20F4O4S/c1-23(2,22(30)31)32-19-10-4-14(13-17(19)25)3-9-18(29)21-12-11-20(33-21)15-5-7-16(8-6-15)24(26,27)28/h4-8,10-13H,3,9H2,1-2H3,(H,30,31). The zero-order valence-electron chi connectivity index (χ0n) is 17.7. The Hall–Kier alpha value is -3.20. The predicted octanol–water partition coefficient (Wildman–Crippen LogP) is 6.63. The van der Waals surface area contributed by atoms with Crippen LogP contribution >= 0.6 is 11.3 Å². The van der Waals surface area contributed by atoms with Gasteiger partial charge < -0.3 is 9.84 Å². The van der Waals surface area contributed by atoms with Gasteiger partial charge in [-0.25, -0.2) is 9.18 Å². The van der Waals surface area contributed by atoms with Crippen molar-refractivity contribution in [2.45, 2.75) is 38.5 Å². The van der Waals surface area contributed by atoms with Crippen molar-refractivity contribution in [1.29, 1.82) is 0 Å². The van der Waals surface area contributed by atoms with Gasteiger partial charge in [-0.15, -0.1) is 11.3 Å². The molecule has 0 saturated heterocycles. The van der Waals surface area contributed by atoms with Crippen molar-refractivity contribution in [3.8, 4) is 16.2 Å². The monoisotopic (exact) mass is 480 g/mol. The molecule has 0 saturated carbocycles. The summed E-state index contributed by atoms with van der Waals surface area (Å²) in [4.78, 5) is 24.8. The van der Waals surface area contributed by atoms with E-state index in [2.05, 4.69) is 0 Å². The van der Waals surface area contributed by atoms with E-state index in [0.29, 0.717) is 20.9 Å². The Balaban J connectivity index is 1.63. The first-order valence-corrected chi connectivity index (χ1v) is 10.7. The third-order valence-electron chi connectivity index (χ3n) is 4.89. The lowest BCUT2D eigenvalue weighted by Crippen LogP contribution is -2.38. The van der Waals surface area contributed by atoms with Crippen LogP contribution in [0.4, 0.5) is 17.6 Å². The number of benzene rings is 2. The number of hydrogen-bond donors (Lipinski definition) is 1. The van der Waals surface area contributed by atoms with Crippen molar-refractivity contribution in [2.75, 3.05) is 0 Å². The van der Waals surface area contributed by atoms with Gasteiger partial charge in [0, 0.05) is 11.3 Å². The lowest BCUT2D eigenvalue weighted by molar-refractivity contribution is -0.152. The smallest absolute Gasteiger partial charge is 0.416 e. The van der Waals surface area contributed by atoms with Gasteiger partial charge in [0.15, 0.2) is 23.0 Å². The normalized spacial score (nSPS) is 11.9. The second-order valence-electron chi connectivity index (χ2n) is 7.84. The fourth-order valence-electron chi connectivity index (χ4n) is 2.95. The Morgan fingerprint density at radius 3 is 2.24 bits per heavy atom. The largest absolute Gasteiger partial charge is 0.478 e. The minimum Gasteiger partial charge on any atom is -0.478 e. The van der Waals surface area contributed by atoms with Crippen LogP contribution in [0.5, 0.6) is 5.75 Å². The van der Waals surface area contributed by atoms with Gasteiger partial charge in [0.25, 0.3) is 0 Å². The molecule has 9 heteroatoms. The Morgan fingerprint density at radius 2 is 1.67 bits per heavy atom. The third kappa shape index (κ3) is 5.98. The van der Waals surface area contributed by atoms with E-state index in [4.69, 9.17) is 9.84 Å². The van der Waals surface area contributed by atoms with Crippen LogP contribution in [0.3, 0.4) is 0 Å². The number of aliphatic carboxylic acids is 1. The highest BCUT2D eigenvalue weighted by molar-refractivity contribution is 7.17. The Labute approximate surface area is 191 Å². The number of ether oxygens (including phenoxy) is 1. The van der Waals surface area contributed by atoms with Crippen LogP contribution in [0.15, 0.2) is 54.6 Å². The number of carboxylic acids is 1. The summed E-state index contributed by atoms with van der Waals surface area (Å²) in [5.41, 5.74) is -1.22. The summed E-state index contributed by atoms with van der Waals surface area (Å²) in [6.45, 7) is 2.61. The van der Waals surface area contributed by atoms with Gasteiger partial charge >= 0.3 is 12.1 Å². The fraction of sp³-hybridized carbons (Fsp3) is 0.250. The minimum absolute atomic E-state index is 0.104. The van der Waals surface area contributed by atoms with Gasteiger partial charge in [0.1, 0.15) is 0 Å². The third-order valence-corrected chi connectivity index (χ3v) is 6.07. The van der Waals surface area contributed by atoms with Crippen LogP contribution in [0.2, 0.25) is 0 Å². The van der Waals surface area contributed by atoms with Gasteiger partial charge in [0.05, 0.1) is 10.4 Å². The number of aryl methyl sites for hydroxylation is 1. The molecule has 0 radical (unpaired) electrons. The van der Waals surface area contributed by atoms with Crippen LogP contribution in [-0.2, 0) is 17.4 Å². The Kier molecular flexibility index (Phi) is 6.92. The van der Waals surface area contributed by atoms with Crippen molar-refractivity contribution in [2.24, 2.45) is 0 Å². The zero-order chi connectivity index (χ0) is 24.4. The average Bonchev–Trinajstić information content (AvgIpc) is 3.23. The van der Waals surface area contributed by atoms with E-state index in [1.165, 1.54) is 49.4 Å². The highest BCUT2D eigenvalue weighted by atomic mass is 32.1. The predicted molar refractivity (Wildman–Crippen MR) is 116 cm³/mol. The molecule has 0 atom stereocenters. The maximum Gasteiger partial charge on any atom is 0.416 e. The highest BCUT2D eigenvalue weighted by Gasteiger charge is 2.31. The summed E-state index contributed by atoms with van der Waals surface area (Å²) < 4.78 is 57.7. The topological polar surface area (TPSA) is 63.6 Å². The molecule has 33 heavy (non-hydrogen) atoms. The number of carboxylic acid groups (broad SMARTS) is 1. The number of carbonyl (C=O) groups excluding carboxylic acids is 1. The molecule has 0 aliphatic heterocycles. The fourth-order valence-corrected chi connectivity index (χ4v) is 3.93. The number of ketones is 1. The van der Waals surface area contributed by atoms with Crippen molar-refractivity contribution < 1.29 is 37.0 Å². The first-order chi connectivity index (χ1) is 15.4. The molecule has 3 aromatic rings. The first kappa shape index (κ1) is 24.4. The van der Waals surface area contributed by atoms with E-state index in [-0.39, 0.29) is 24.4 Å². The molecule has 4 nitrogen and oxygen atoms in total. The SMILES string of the molecule is CC(C)(Oc1ccc(CCC(=O)c2ccc(-c3ccc(C(F)(F)F)cc3)s2)cc1F)C(=O)O. The molecule has 1 aromatic heterocycles. The van der Waals surface area contributed by atoms with Crippen molar-refractivity contribution in [3.63, 3.8) is 0 Å². The number of carbonyl (C=O) groups is 2. The Bertz CT molecular complexity index is 1160. The Morgan fingerprint density at radius 1 is 1.00 bits per heavy atom. The number of halogens is 4. The zero-order valence-corrected chi connectivity index (χ0v) is 18.5. The molecule has 0 fully saturated rings. The lowest BCUT2D eigenvalue weighted by Gasteiger charge is -2.21. The number of thiophene rings is 1. The number of alkyl halides is 3. The molecule has 2 aromatic carbocycles. The van der Waals surface area contributed by atoms with Crippen molar-refractivity contribution in [3.05, 3.63) is 76.4 Å². The summed E-state index contributed by atoms with van der Waals surface area (Å²) in [7, 11) is 0. The van der Waals surface area contributed by atoms with Crippen molar-refractivity contribution in [1.82, 2.24) is 0 Å². The van der Waals surface area contributed by atoms with E-state index >= 15 is 0 Å². The molecular weight excluding hydrogens is 460 g/mol.